The van der Waals surface area contributed by atoms with Gasteiger partial charge in [-0.3, -0.25) is 0 Å². The lowest BCUT2D eigenvalue weighted by Gasteiger charge is -2.00. The van der Waals surface area contributed by atoms with E-state index < -0.39 is 5.97 Å². The fourth-order valence-corrected chi connectivity index (χ4v) is 0.796. The topological polar surface area (TPSA) is 46.5 Å². The number of benzene rings is 1. The van der Waals surface area contributed by atoms with E-state index in [1.54, 1.807) is 24.3 Å². The Kier molecular flexibility index (Phi) is 3.29. The van der Waals surface area contributed by atoms with E-state index in [1.165, 1.54) is 0 Å². The molecule has 3 nitrogen and oxygen atoms in total. The van der Waals surface area contributed by atoms with E-state index in [2.05, 4.69) is 4.74 Å². The highest BCUT2D eigenvalue weighted by Crippen LogP contribution is 2.00. The quantitative estimate of drug-likeness (QED) is 0.677. The molecule has 0 spiro atoms. The van der Waals surface area contributed by atoms with Gasteiger partial charge in [-0.1, -0.05) is 18.2 Å². The first-order chi connectivity index (χ1) is 5.84. The third kappa shape index (κ3) is 2.36. The molecule has 0 aliphatic heterocycles. The van der Waals surface area contributed by atoms with Gasteiger partial charge in [0, 0.05) is 0 Å². The van der Waals surface area contributed by atoms with E-state index >= 15 is 0 Å². The van der Waals surface area contributed by atoms with Crippen molar-refractivity contribution in [2.45, 2.75) is 0 Å². The fourth-order valence-electron chi connectivity index (χ4n) is 0.796. The number of aliphatic hydroxyl groups excluding tert-OH is 1. The minimum Gasteiger partial charge on any atom is -0.460 e. The molecule has 0 aliphatic carbocycles. The van der Waals surface area contributed by atoms with Crippen molar-refractivity contribution in [1.29, 1.82) is 0 Å². The second-order valence-corrected chi connectivity index (χ2v) is 2.23. The number of aliphatic hydroxyl groups is 1. The molecule has 0 heterocycles. The van der Waals surface area contributed by atoms with Crippen LogP contribution in [0.25, 0.3) is 0 Å². The van der Waals surface area contributed by atoms with Crippen LogP contribution in [0.5, 0.6) is 0 Å². The number of rotatable bonds is 3. The molecule has 12 heavy (non-hydrogen) atoms. The molecule has 0 saturated heterocycles. The van der Waals surface area contributed by atoms with E-state index in [9.17, 15) is 4.79 Å². The van der Waals surface area contributed by atoms with Crippen LogP contribution in [0.15, 0.2) is 30.3 Å². The largest absolute Gasteiger partial charge is 0.460 e. The first kappa shape index (κ1) is 8.74. The Morgan fingerprint density at radius 1 is 1.33 bits per heavy atom. The van der Waals surface area contributed by atoms with E-state index in [1.807, 2.05) is 6.07 Å². The van der Waals surface area contributed by atoms with Crippen LogP contribution in [0, 0.1) is 0 Å². The summed E-state index contributed by atoms with van der Waals surface area (Å²) in [5.74, 6) is -0.398. The summed E-state index contributed by atoms with van der Waals surface area (Å²) in [5, 5.41) is 8.38. The van der Waals surface area contributed by atoms with Crippen molar-refractivity contribution in [3.63, 3.8) is 0 Å². The summed E-state index contributed by atoms with van der Waals surface area (Å²) in [6.07, 6.45) is 0. The standard InChI is InChI=1S/C9H10O3/c10-6-7-12-9(11)8-4-2-1-3-5-8/h1-5,10H,6-7H2. The second kappa shape index (κ2) is 4.51. The molecule has 3 heteroatoms. The molecule has 0 radical (unpaired) electrons. The maximum atomic E-state index is 11.1. The molecule has 0 fully saturated rings. The van der Waals surface area contributed by atoms with Gasteiger partial charge in [-0.15, -0.1) is 0 Å². The minimum absolute atomic E-state index is 0.0493. The average molecular weight is 166 g/mol. The molecule has 0 unspecified atom stereocenters. The first-order valence-corrected chi connectivity index (χ1v) is 3.67. The van der Waals surface area contributed by atoms with Gasteiger partial charge in [0.25, 0.3) is 0 Å². The van der Waals surface area contributed by atoms with Gasteiger partial charge in [0.2, 0.25) is 0 Å². The summed E-state index contributed by atoms with van der Waals surface area (Å²) >= 11 is 0. The van der Waals surface area contributed by atoms with Crippen molar-refractivity contribution in [2.24, 2.45) is 0 Å². The summed E-state index contributed by atoms with van der Waals surface area (Å²) in [6.45, 7) is -0.0910. The van der Waals surface area contributed by atoms with E-state index in [0.717, 1.165) is 0 Å². The molecule has 0 aromatic heterocycles. The van der Waals surface area contributed by atoms with Gasteiger partial charge in [0.15, 0.2) is 0 Å². The zero-order valence-corrected chi connectivity index (χ0v) is 6.56. The Bertz CT molecular complexity index is 243. The van der Waals surface area contributed by atoms with E-state index in [0.29, 0.717) is 5.56 Å². The molecule has 1 rings (SSSR count). The zero-order chi connectivity index (χ0) is 8.81. The summed E-state index contributed by atoms with van der Waals surface area (Å²) in [4.78, 5) is 11.1. The van der Waals surface area contributed by atoms with Gasteiger partial charge in [-0.2, -0.15) is 0 Å². The van der Waals surface area contributed by atoms with Crippen LogP contribution >= 0.6 is 0 Å². The number of carbonyl (C=O) groups excluding carboxylic acids is 1. The Labute approximate surface area is 70.6 Å². The van der Waals surface area contributed by atoms with Crippen molar-refractivity contribution < 1.29 is 14.6 Å². The van der Waals surface area contributed by atoms with Crippen molar-refractivity contribution >= 4 is 5.97 Å². The molecule has 64 valence electrons. The summed E-state index contributed by atoms with van der Waals surface area (Å²) in [5.41, 5.74) is 0.506. The lowest BCUT2D eigenvalue weighted by molar-refractivity contribution is 0.0434. The normalized spacial score (nSPS) is 9.42. The number of carbonyl (C=O) groups is 1. The van der Waals surface area contributed by atoms with Crippen molar-refractivity contribution in [1.82, 2.24) is 0 Å². The van der Waals surface area contributed by atoms with Crippen molar-refractivity contribution in [3.05, 3.63) is 35.9 Å². The Morgan fingerprint density at radius 3 is 2.58 bits per heavy atom. The van der Waals surface area contributed by atoms with Gasteiger partial charge in [-0.25, -0.2) is 4.79 Å². The van der Waals surface area contributed by atoms with Crippen LogP contribution in [0.2, 0.25) is 0 Å². The maximum absolute atomic E-state index is 11.1. The highest BCUT2D eigenvalue weighted by Gasteiger charge is 2.03. The number of esters is 1. The van der Waals surface area contributed by atoms with Gasteiger partial charge >= 0.3 is 5.97 Å². The van der Waals surface area contributed by atoms with Crippen LogP contribution in [0.3, 0.4) is 0 Å². The fraction of sp³-hybridized carbons (Fsp3) is 0.222. The molecule has 1 N–H and O–H groups in total. The SMILES string of the molecule is O=C(OCCO)c1ccccc1. The summed E-state index contributed by atoms with van der Waals surface area (Å²) < 4.78 is 4.69. The molecule has 1 aromatic carbocycles. The smallest absolute Gasteiger partial charge is 0.338 e. The third-order valence-corrected chi connectivity index (χ3v) is 1.33. The van der Waals surface area contributed by atoms with E-state index in [4.69, 9.17) is 5.11 Å². The van der Waals surface area contributed by atoms with E-state index in [-0.39, 0.29) is 13.2 Å². The molecule has 0 aliphatic rings. The molecule has 0 amide bonds. The van der Waals surface area contributed by atoms with Gasteiger partial charge in [-0.05, 0) is 12.1 Å². The van der Waals surface area contributed by atoms with Gasteiger partial charge in [0.1, 0.15) is 6.61 Å². The van der Waals surface area contributed by atoms with Crippen LogP contribution in [-0.2, 0) is 4.74 Å². The molecular weight excluding hydrogens is 156 g/mol. The lowest BCUT2D eigenvalue weighted by atomic mass is 10.2. The summed E-state index contributed by atoms with van der Waals surface area (Å²) in [7, 11) is 0. The molecule has 0 saturated carbocycles. The minimum atomic E-state index is -0.398. The zero-order valence-electron chi connectivity index (χ0n) is 6.56. The predicted octanol–water partition coefficient (Wildman–Crippen LogP) is 0.836. The predicted molar refractivity (Wildman–Crippen MR) is 43.8 cm³/mol. The Hall–Kier alpha value is -1.35. The third-order valence-electron chi connectivity index (χ3n) is 1.33. The van der Waals surface area contributed by atoms with Crippen LogP contribution in [-0.4, -0.2) is 24.3 Å². The lowest BCUT2D eigenvalue weighted by Crippen LogP contribution is -2.08. The van der Waals surface area contributed by atoms with Crippen molar-refractivity contribution in [3.8, 4) is 0 Å². The summed E-state index contributed by atoms with van der Waals surface area (Å²) in [6, 6.07) is 8.67. The van der Waals surface area contributed by atoms with Gasteiger partial charge < -0.3 is 9.84 Å². The van der Waals surface area contributed by atoms with Crippen LogP contribution in [0.1, 0.15) is 10.4 Å². The van der Waals surface area contributed by atoms with Gasteiger partial charge in [0.05, 0.1) is 12.2 Å². The molecule has 0 atom stereocenters. The Morgan fingerprint density at radius 2 is 2.00 bits per heavy atom. The molecule has 1 aromatic rings. The molecular formula is C9H10O3. The number of hydrogen-bond donors (Lipinski definition) is 1. The van der Waals surface area contributed by atoms with Crippen molar-refractivity contribution in [2.75, 3.05) is 13.2 Å². The molecule has 0 bridgehead atoms. The monoisotopic (exact) mass is 166 g/mol. The highest BCUT2D eigenvalue weighted by atomic mass is 16.5. The second-order valence-electron chi connectivity index (χ2n) is 2.23. The Balaban J connectivity index is 2.54. The maximum Gasteiger partial charge on any atom is 0.338 e. The number of hydrogen-bond acceptors (Lipinski definition) is 3. The van der Waals surface area contributed by atoms with Crippen LogP contribution < -0.4 is 0 Å². The van der Waals surface area contributed by atoms with Crippen LogP contribution in [0.4, 0.5) is 0 Å². The highest BCUT2D eigenvalue weighted by molar-refractivity contribution is 5.89. The first-order valence-electron chi connectivity index (χ1n) is 3.67. The number of ether oxygens (including phenoxy) is 1. The average Bonchev–Trinajstić information content (AvgIpc) is 2.15.